The summed E-state index contributed by atoms with van der Waals surface area (Å²) in [5.74, 6) is 1.51. The van der Waals surface area contributed by atoms with Crippen LogP contribution in [0.3, 0.4) is 0 Å². The minimum absolute atomic E-state index is 0.743. The molecule has 2 aromatic heterocycles. The summed E-state index contributed by atoms with van der Waals surface area (Å²) in [6.45, 7) is 0. The summed E-state index contributed by atoms with van der Waals surface area (Å²) in [6, 6.07) is 24.4. The first kappa shape index (κ1) is 14.2. The van der Waals surface area contributed by atoms with Gasteiger partial charge >= 0.3 is 0 Å². The van der Waals surface area contributed by atoms with Crippen LogP contribution >= 0.6 is 0 Å². The van der Waals surface area contributed by atoms with E-state index >= 15 is 0 Å². The fourth-order valence-electron chi connectivity index (χ4n) is 2.74. The molecule has 116 valence electrons. The molecule has 0 aliphatic carbocycles. The average molecular weight is 312 g/mol. The zero-order chi connectivity index (χ0) is 16.2. The third kappa shape index (κ3) is 2.77. The fourth-order valence-corrected chi connectivity index (χ4v) is 2.74. The van der Waals surface area contributed by atoms with E-state index in [1.54, 1.807) is 12.4 Å². The van der Waals surface area contributed by atoms with Crippen molar-refractivity contribution in [2.75, 3.05) is 10.9 Å². The number of hydrogen-bond acceptors (Lipinski definition) is 4. The van der Waals surface area contributed by atoms with Crippen LogP contribution in [0.4, 0.5) is 11.6 Å². The van der Waals surface area contributed by atoms with Crippen LogP contribution in [-0.2, 0) is 0 Å². The molecule has 0 radical (unpaired) electrons. The first-order chi connectivity index (χ1) is 11.9. The Morgan fingerprint density at radius 2 is 1.38 bits per heavy atom. The number of anilines is 2. The first-order valence-electron chi connectivity index (χ1n) is 7.78. The monoisotopic (exact) mass is 312 g/mol. The second-order valence-corrected chi connectivity index (χ2v) is 5.39. The van der Waals surface area contributed by atoms with Gasteiger partial charge in [-0.05, 0) is 40.6 Å². The molecule has 0 saturated carbocycles. The summed E-state index contributed by atoms with van der Waals surface area (Å²) in [5.41, 5.74) is 8.45. The second kappa shape index (κ2) is 6.38. The summed E-state index contributed by atoms with van der Waals surface area (Å²) in [5, 5.41) is 2.41. The number of aromatic nitrogens is 2. The number of rotatable bonds is 4. The van der Waals surface area contributed by atoms with Crippen LogP contribution in [0.2, 0.25) is 0 Å². The molecule has 24 heavy (non-hydrogen) atoms. The first-order valence-corrected chi connectivity index (χ1v) is 7.78. The summed E-state index contributed by atoms with van der Waals surface area (Å²) in [7, 11) is 0. The molecule has 0 fully saturated rings. The smallest absolute Gasteiger partial charge is 0.152 e. The quantitative estimate of drug-likeness (QED) is 0.535. The van der Waals surface area contributed by atoms with Gasteiger partial charge in [-0.25, -0.2) is 9.97 Å². The van der Waals surface area contributed by atoms with Crippen molar-refractivity contribution >= 4 is 22.4 Å². The predicted octanol–water partition coefficient (Wildman–Crippen LogP) is 4.74. The lowest BCUT2D eigenvalue weighted by atomic mass is 9.99. The van der Waals surface area contributed by atoms with Gasteiger partial charge in [-0.1, -0.05) is 48.5 Å². The Morgan fingerprint density at radius 3 is 2.29 bits per heavy atom. The lowest BCUT2D eigenvalue weighted by molar-refractivity contribution is 1.22. The minimum Gasteiger partial charge on any atom is -0.283 e. The number of nitrogens with zero attached hydrogens (tertiary/aromatic N) is 2. The maximum absolute atomic E-state index is 4.48. The van der Waals surface area contributed by atoms with E-state index in [-0.39, 0.29) is 0 Å². The highest BCUT2D eigenvalue weighted by Crippen LogP contribution is 2.32. The van der Waals surface area contributed by atoms with Gasteiger partial charge in [0.25, 0.3) is 0 Å². The summed E-state index contributed by atoms with van der Waals surface area (Å²) in [6.07, 6.45) is 3.52. The Balaban J connectivity index is 1.73. The summed E-state index contributed by atoms with van der Waals surface area (Å²) < 4.78 is 0. The van der Waals surface area contributed by atoms with Crippen molar-refractivity contribution < 1.29 is 0 Å². The molecule has 0 bridgehead atoms. The van der Waals surface area contributed by atoms with E-state index < -0.39 is 0 Å². The Morgan fingerprint density at radius 1 is 0.583 bits per heavy atom. The Labute approximate surface area is 140 Å². The van der Waals surface area contributed by atoms with Crippen molar-refractivity contribution in [3.63, 3.8) is 0 Å². The van der Waals surface area contributed by atoms with Gasteiger partial charge in [0, 0.05) is 18.0 Å². The van der Waals surface area contributed by atoms with Crippen LogP contribution in [-0.4, -0.2) is 9.97 Å². The molecular formula is C20H16N4. The standard InChI is InChI=1S/C20H16N4/c1-2-9-16-15(7-1)8-5-10-17(16)18-11-6-14-22-20(18)24-23-19-12-3-4-13-21-19/h1-14H,(H,21,23)(H,22,24). The van der Waals surface area contributed by atoms with E-state index in [9.17, 15) is 0 Å². The van der Waals surface area contributed by atoms with Gasteiger partial charge in [-0.3, -0.25) is 10.9 Å². The molecule has 0 amide bonds. The van der Waals surface area contributed by atoms with Gasteiger partial charge in [0.2, 0.25) is 0 Å². The van der Waals surface area contributed by atoms with E-state index in [0.29, 0.717) is 0 Å². The van der Waals surface area contributed by atoms with Crippen molar-refractivity contribution in [1.29, 1.82) is 0 Å². The number of pyridine rings is 2. The molecule has 0 spiro atoms. The van der Waals surface area contributed by atoms with Crippen LogP contribution in [0.1, 0.15) is 0 Å². The van der Waals surface area contributed by atoms with Gasteiger partial charge in [0.05, 0.1) is 0 Å². The van der Waals surface area contributed by atoms with Crippen molar-refractivity contribution in [2.45, 2.75) is 0 Å². The maximum Gasteiger partial charge on any atom is 0.152 e. The van der Waals surface area contributed by atoms with Crippen molar-refractivity contribution in [2.24, 2.45) is 0 Å². The zero-order valence-electron chi connectivity index (χ0n) is 13.0. The molecule has 0 unspecified atom stereocenters. The van der Waals surface area contributed by atoms with E-state index in [2.05, 4.69) is 69.4 Å². The summed E-state index contributed by atoms with van der Waals surface area (Å²) in [4.78, 5) is 8.72. The lowest BCUT2D eigenvalue weighted by Gasteiger charge is -2.14. The van der Waals surface area contributed by atoms with Crippen LogP contribution in [0.25, 0.3) is 21.9 Å². The molecule has 4 rings (SSSR count). The average Bonchev–Trinajstić information content (AvgIpc) is 2.67. The third-order valence-corrected chi connectivity index (χ3v) is 3.86. The number of benzene rings is 2. The number of nitrogens with one attached hydrogen (secondary N) is 2. The molecule has 4 heteroatoms. The predicted molar refractivity (Wildman–Crippen MR) is 98.7 cm³/mol. The van der Waals surface area contributed by atoms with E-state index in [1.165, 1.54) is 10.8 Å². The van der Waals surface area contributed by atoms with E-state index in [0.717, 1.165) is 22.8 Å². The molecular weight excluding hydrogens is 296 g/mol. The Bertz CT molecular complexity index is 962. The molecule has 0 saturated heterocycles. The highest BCUT2D eigenvalue weighted by Gasteiger charge is 2.09. The third-order valence-electron chi connectivity index (χ3n) is 3.86. The van der Waals surface area contributed by atoms with Crippen LogP contribution in [0.5, 0.6) is 0 Å². The van der Waals surface area contributed by atoms with Crippen molar-refractivity contribution in [3.05, 3.63) is 85.2 Å². The number of hydrogen-bond donors (Lipinski definition) is 2. The molecule has 4 aromatic rings. The van der Waals surface area contributed by atoms with E-state index in [1.807, 2.05) is 24.3 Å². The fraction of sp³-hybridized carbons (Fsp3) is 0. The second-order valence-electron chi connectivity index (χ2n) is 5.39. The minimum atomic E-state index is 0.743. The van der Waals surface area contributed by atoms with Crippen molar-refractivity contribution in [3.8, 4) is 11.1 Å². The number of fused-ring (bicyclic) bond motifs is 1. The molecule has 0 atom stereocenters. The normalized spacial score (nSPS) is 10.5. The summed E-state index contributed by atoms with van der Waals surface area (Å²) >= 11 is 0. The van der Waals surface area contributed by atoms with Gasteiger partial charge in [0.1, 0.15) is 5.82 Å². The Kier molecular flexibility index (Phi) is 3.78. The molecule has 4 nitrogen and oxygen atoms in total. The molecule has 0 aliphatic heterocycles. The SMILES string of the molecule is c1ccc(NNc2ncccc2-c2cccc3ccccc23)nc1. The highest BCUT2D eigenvalue weighted by atomic mass is 15.4. The molecule has 2 heterocycles. The van der Waals surface area contributed by atoms with Crippen molar-refractivity contribution in [1.82, 2.24) is 9.97 Å². The van der Waals surface area contributed by atoms with Crippen LogP contribution in [0, 0.1) is 0 Å². The number of hydrazine groups is 1. The maximum atomic E-state index is 4.48. The molecule has 2 aromatic carbocycles. The topological polar surface area (TPSA) is 49.8 Å². The highest BCUT2D eigenvalue weighted by molar-refractivity contribution is 5.98. The van der Waals surface area contributed by atoms with Gasteiger partial charge in [-0.15, -0.1) is 0 Å². The van der Waals surface area contributed by atoms with E-state index in [4.69, 9.17) is 0 Å². The molecule has 2 N–H and O–H groups in total. The zero-order valence-corrected chi connectivity index (χ0v) is 13.0. The van der Waals surface area contributed by atoms with Gasteiger partial charge < -0.3 is 0 Å². The lowest BCUT2D eigenvalue weighted by Crippen LogP contribution is -2.11. The van der Waals surface area contributed by atoms with Gasteiger partial charge in [-0.2, -0.15) is 0 Å². The van der Waals surface area contributed by atoms with Gasteiger partial charge in [0.15, 0.2) is 5.82 Å². The van der Waals surface area contributed by atoms with Crippen LogP contribution in [0.15, 0.2) is 85.2 Å². The van der Waals surface area contributed by atoms with Crippen LogP contribution < -0.4 is 10.9 Å². The molecule has 0 aliphatic rings. The largest absolute Gasteiger partial charge is 0.283 e. The Hall–Kier alpha value is -3.40.